The molecule has 1 aliphatic heterocycles. The molecule has 1 aromatic rings. The maximum atomic E-state index is 11.8. The van der Waals surface area contributed by atoms with Crippen LogP contribution in [0.2, 0.25) is 0 Å². The van der Waals surface area contributed by atoms with E-state index in [0.717, 1.165) is 18.8 Å². The predicted octanol–water partition coefficient (Wildman–Crippen LogP) is 1.98. The first-order chi connectivity index (χ1) is 10.4. The minimum atomic E-state index is -0.485. The third-order valence-electron chi connectivity index (χ3n) is 3.15. The summed E-state index contributed by atoms with van der Waals surface area (Å²) >= 11 is 0. The molecule has 1 fully saturated rings. The number of carbonyl (C=O) groups excluding carboxylic acids is 1. The van der Waals surface area contributed by atoms with E-state index < -0.39 is 5.60 Å². The van der Waals surface area contributed by atoms with Crippen molar-refractivity contribution in [3.05, 3.63) is 12.4 Å². The lowest BCUT2D eigenvalue weighted by molar-refractivity contribution is 0.0509. The van der Waals surface area contributed by atoms with Gasteiger partial charge in [-0.1, -0.05) is 0 Å². The first kappa shape index (κ1) is 16.3. The van der Waals surface area contributed by atoms with Crippen LogP contribution in [0.15, 0.2) is 12.4 Å². The van der Waals surface area contributed by atoms with Crippen LogP contribution in [0.1, 0.15) is 34.1 Å². The molecular formula is C15H24N4O3. The highest BCUT2D eigenvalue weighted by molar-refractivity contribution is 5.68. The summed E-state index contributed by atoms with van der Waals surface area (Å²) in [5.74, 6) is 1.38. The van der Waals surface area contributed by atoms with Crippen molar-refractivity contribution in [2.75, 3.05) is 24.6 Å². The molecule has 7 heteroatoms. The average Bonchev–Trinajstić information content (AvgIpc) is 2.85. The normalized spacial score (nSPS) is 18.2. The van der Waals surface area contributed by atoms with Gasteiger partial charge in [0.15, 0.2) is 0 Å². The molecule has 1 aromatic heterocycles. The number of carbonyl (C=O) groups is 1. The summed E-state index contributed by atoms with van der Waals surface area (Å²) in [5, 5.41) is 2.90. The Bertz CT molecular complexity index is 516. The van der Waals surface area contributed by atoms with Gasteiger partial charge in [0.05, 0.1) is 12.6 Å². The molecule has 122 valence electrons. The van der Waals surface area contributed by atoms with E-state index in [9.17, 15) is 4.79 Å². The van der Waals surface area contributed by atoms with Gasteiger partial charge in [-0.2, -0.15) is 0 Å². The fourth-order valence-corrected chi connectivity index (χ4v) is 2.29. The number of aromatic nitrogens is 2. The van der Waals surface area contributed by atoms with Crippen molar-refractivity contribution in [3.8, 4) is 5.88 Å². The summed E-state index contributed by atoms with van der Waals surface area (Å²) in [6, 6.07) is 1.87. The Morgan fingerprint density at radius 1 is 1.45 bits per heavy atom. The van der Waals surface area contributed by atoms with Gasteiger partial charge in [-0.15, -0.1) is 0 Å². The summed E-state index contributed by atoms with van der Waals surface area (Å²) in [4.78, 5) is 22.2. The summed E-state index contributed by atoms with van der Waals surface area (Å²) < 4.78 is 10.7. The van der Waals surface area contributed by atoms with Crippen LogP contribution in [0.5, 0.6) is 5.88 Å². The lowest BCUT2D eigenvalue weighted by Gasteiger charge is -2.22. The Morgan fingerprint density at radius 2 is 2.23 bits per heavy atom. The molecule has 0 unspecified atom stereocenters. The second kappa shape index (κ2) is 6.81. The molecule has 0 saturated carbocycles. The molecule has 1 amide bonds. The van der Waals surface area contributed by atoms with Crippen molar-refractivity contribution in [2.24, 2.45) is 0 Å². The Labute approximate surface area is 131 Å². The van der Waals surface area contributed by atoms with E-state index in [4.69, 9.17) is 9.47 Å². The highest BCUT2D eigenvalue weighted by Crippen LogP contribution is 2.21. The second-order valence-corrected chi connectivity index (χ2v) is 6.23. The number of ether oxygens (including phenoxy) is 2. The molecule has 1 saturated heterocycles. The zero-order chi connectivity index (χ0) is 16.2. The summed E-state index contributed by atoms with van der Waals surface area (Å²) in [6.07, 6.45) is 1.97. The summed E-state index contributed by atoms with van der Waals surface area (Å²) in [6.45, 7) is 9.56. The zero-order valence-electron chi connectivity index (χ0n) is 13.6. The fraction of sp³-hybridized carbons (Fsp3) is 0.667. The maximum absolute atomic E-state index is 11.8. The van der Waals surface area contributed by atoms with E-state index in [2.05, 4.69) is 20.2 Å². The van der Waals surface area contributed by atoms with Crippen LogP contribution >= 0.6 is 0 Å². The van der Waals surface area contributed by atoms with E-state index in [1.54, 1.807) is 0 Å². The number of amides is 1. The fourth-order valence-electron chi connectivity index (χ4n) is 2.29. The van der Waals surface area contributed by atoms with Gasteiger partial charge in [0, 0.05) is 19.2 Å². The van der Waals surface area contributed by atoms with Crippen molar-refractivity contribution in [2.45, 2.75) is 45.8 Å². The third-order valence-corrected chi connectivity index (χ3v) is 3.15. The number of nitrogens with zero attached hydrogens (tertiary/aromatic N) is 3. The predicted molar refractivity (Wildman–Crippen MR) is 83.2 cm³/mol. The van der Waals surface area contributed by atoms with Crippen molar-refractivity contribution in [1.29, 1.82) is 0 Å². The first-order valence-corrected chi connectivity index (χ1v) is 7.56. The molecule has 22 heavy (non-hydrogen) atoms. The lowest BCUT2D eigenvalue weighted by atomic mass is 10.2. The summed E-state index contributed by atoms with van der Waals surface area (Å²) in [5.41, 5.74) is -0.485. The van der Waals surface area contributed by atoms with Gasteiger partial charge in [-0.05, 0) is 34.1 Å². The van der Waals surface area contributed by atoms with Gasteiger partial charge in [0.25, 0.3) is 0 Å². The number of hydrogen-bond donors (Lipinski definition) is 1. The van der Waals surface area contributed by atoms with Gasteiger partial charge < -0.3 is 19.7 Å². The molecule has 2 rings (SSSR count). The van der Waals surface area contributed by atoms with E-state index in [-0.39, 0.29) is 12.1 Å². The maximum Gasteiger partial charge on any atom is 0.407 e. The molecule has 0 bridgehead atoms. The Kier molecular flexibility index (Phi) is 5.05. The number of nitrogens with one attached hydrogen (secondary N) is 1. The molecular weight excluding hydrogens is 284 g/mol. The van der Waals surface area contributed by atoms with Gasteiger partial charge >= 0.3 is 6.09 Å². The average molecular weight is 308 g/mol. The molecule has 1 N–H and O–H groups in total. The molecule has 1 aliphatic rings. The van der Waals surface area contributed by atoms with Gasteiger partial charge in [0.2, 0.25) is 5.88 Å². The molecule has 0 spiro atoms. The van der Waals surface area contributed by atoms with Crippen LogP contribution in [-0.2, 0) is 4.74 Å². The Hall–Kier alpha value is -2.05. The highest BCUT2D eigenvalue weighted by atomic mass is 16.6. The largest absolute Gasteiger partial charge is 0.478 e. The molecule has 0 radical (unpaired) electrons. The Morgan fingerprint density at radius 3 is 2.91 bits per heavy atom. The van der Waals surface area contributed by atoms with Crippen LogP contribution in [0, 0.1) is 0 Å². The zero-order valence-corrected chi connectivity index (χ0v) is 13.6. The number of anilines is 1. The second-order valence-electron chi connectivity index (χ2n) is 6.23. The third kappa shape index (κ3) is 4.75. The van der Waals surface area contributed by atoms with Crippen LogP contribution in [0.4, 0.5) is 10.6 Å². The van der Waals surface area contributed by atoms with E-state index in [1.165, 1.54) is 6.33 Å². The van der Waals surface area contributed by atoms with Gasteiger partial charge in [-0.25, -0.2) is 14.8 Å². The first-order valence-electron chi connectivity index (χ1n) is 7.56. The number of hydrogen-bond acceptors (Lipinski definition) is 6. The van der Waals surface area contributed by atoms with Gasteiger partial charge in [0.1, 0.15) is 17.7 Å². The minimum absolute atomic E-state index is 0.0559. The van der Waals surface area contributed by atoms with Crippen LogP contribution < -0.4 is 15.0 Å². The quantitative estimate of drug-likeness (QED) is 0.916. The van der Waals surface area contributed by atoms with Crippen LogP contribution in [0.3, 0.4) is 0 Å². The molecule has 0 aliphatic carbocycles. The van der Waals surface area contributed by atoms with Crippen molar-refractivity contribution >= 4 is 11.9 Å². The topological polar surface area (TPSA) is 76.6 Å². The SMILES string of the molecule is CCOc1cc(N2CC[C@@H](NC(=O)OC(C)(C)C)C2)ncn1. The number of alkyl carbamates (subject to hydrolysis) is 1. The van der Waals surface area contributed by atoms with Crippen molar-refractivity contribution < 1.29 is 14.3 Å². The highest BCUT2D eigenvalue weighted by Gasteiger charge is 2.27. The Balaban J connectivity index is 1.90. The molecule has 2 heterocycles. The minimum Gasteiger partial charge on any atom is -0.478 e. The lowest BCUT2D eigenvalue weighted by Crippen LogP contribution is -2.40. The van der Waals surface area contributed by atoms with Crippen molar-refractivity contribution in [3.63, 3.8) is 0 Å². The summed E-state index contributed by atoms with van der Waals surface area (Å²) in [7, 11) is 0. The van der Waals surface area contributed by atoms with Crippen LogP contribution in [-0.4, -0.2) is 47.4 Å². The number of rotatable bonds is 4. The van der Waals surface area contributed by atoms with Crippen molar-refractivity contribution in [1.82, 2.24) is 15.3 Å². The van der Waals surface area contributed by atoms with Crippen LogP contribution in [0.25, 0.3) is 0 Å². The van der Waals surface area contributed by atoms with E-state index in [0.29, 0.717) is 19.0 Å². The monoisotopic (exact) mass is 308 g/mol. The van der Waals surface area contributed by atoms with Gasteiger partial charge in [-0.3, -0.25) is 0 Å². The standard InChI is InChI=1S/C15H24N4O3/c1-5-21-13-8-12(16-10-17-13)19-7-6-11(9-19)18-14(20)22-15(2,3)4/h8,10-11H,5-7,9H2,1-4H3,(H,18,20)/t11-/m1/s1. The van der Waals surface area contributed by atoms with E-state index >= 15 is 0 Å². The van der Waals surface area contributed by atoms with E-state index in [1.807, 2.05) is 33.8 Å². The molecule has 7 nitrogen and oxygen atoms in total. The molecule has 0 aromatic carbocycles. The molecule has 1 atom stereocenters. The smallest absolute Gasteiger partial charge is 0.407 e.